The van der Waals surface area contributed by atoms with Crippen molar-refractivity contribution in [2.24, 2.45) is 5.16 Å². The Hall–Kier alpha value is -2.40. The Balaban J connectivity index is 1.69. The standard InChI is InChI=1S/C16H14ClFN2O2/c17-14-5-1-13(2-6-14)10-20-22-11-16(21)19-9-12-3-7-15(18)8-4-12/h1-8,10H,9,11H2,(H,19,21)/b20-10+. The number of nitrogens with zero attached hydrogens (tertiary/aromatic N) is 1. The second kappa shape index (κ2) is 8.14. The molecule has 2 rings (SSSR count). The molecule has 0 aliphatic heterocycles. The van der Waals surface area contributed by atoms with Crippen molar-refractivity contribution < 1.29 is 14.0 Å². The van der Waals surface area contributed by atoms with Gasteiger partial charge in [-0.25, -0.2) is 4.39 Å². The molecule has 0 aliphatic carbocycles. The van der Waals surface area contributed by atoms with E-state index in [0.29, 0.717) is 11.6 Å². The van der Waals surface area contributed by atoms with Gasteiger partial charge in [-0.2, -0.15) is 0 Å². The monoisotopic (exact) mass is 320 g/mol. The molecule has 2 aromatic carbocycles. The summed E-state index contributed by atoms with van der Waals surface area (Å²) in [4.78, 5) is 16.4. The molecule has 0 saturated carbocycles. The molecule has 6 heteroatoms. The van der Waals surface area contributed by atoms with Crippen LogP contribution in [-0.2, 0) is 16.2 Å². The lowest BCUT2D eigenvalue weighted by molar-refractivity contribution is -0.125. The highest BCUT2D eigenvalue weighted by atomic mass is 35.5. The van der Waals surface area contributed by atoms with Crippen molar-refractivity contribution in [3.63, 3.8) is 0 Å². The normalized spacial score (nSPS) is 10.6. The fourth-order valence-electron chi connectivity index (χ4n) is 1.60. The van der Waals surface area contributed by atoms with Gasteiger partial charge >= 0.3 is 0 Å². The number of amides is 1. The van der Waals surface area contributed by atoms with Gasteiger partial charge in [0.1, 0.15) is 5.82 Å². The summed E-state index contributed by atoms with van der Waals surface area (Å²) in [6.07, 6.45) is 1.49. The first-order valence-corrected chi connectivity index (χ1v) is 6.93. The van der Waals surface area contributed by atoms with Crippen LogP contribution in [0.2, 0.25) is 5.02 Å². The first-order chi connectivity index (χ1) is 10.6. The molecule has 2 aromatic rings. The fraction of sp³-hybridized carbons (Fsp3) is 0.125. The third-order valence-electron chi connectivity index (χ3n) is 2.74. The minimum atomic E-state index is -0.310. The van der Waals surface area contributed by atoms with Crippen LogP contribution in [0.15, 0.2) is 53.7 Å². The molecule has 0 fully saturated rings. The fourth-order valence-corrected chi connectivity index (χ4v) is 1.72. The van der Waals surface area contributed by atoms with Crippen molar-refractivity contribution in [2.45, 2.75) is 6.54 Å². The summed E-state index contributed by atoms with van der Waals surface area (Å²) in [5, 5.41) is 6.98. The van der Waals surface area contributed by atoms with Gasteiger partial charge < -0.3 is 10.2 Å². The van der Waals surface area contributed by atoms with Crippen molar-refractivity contribution >= 4 is 23.7 Å². The van der Waals surface area contributed by atoms with Crippen LogP contribution in [0.25, 0.3) is 0 Å². The van der Waals surface area contributed by atoms with Crippen LogP contribution < -0.4 is 5.32 Å². The van der Waals surface area contributed by atoms with E-state index in [1.807, 2.05) is 0 Å². The summed E-state index contributed by atoms with van der Waals surface area (Å²) in [6.45, 7) is 0.120. The van der Waals surface area contributed by atoms with Gasteiger partial charge in [0.15, 0.2) is 6.61 Å². The lowest BCUT2D eigenvalue weighted by atomic mass is 10.2. The van der Waals surface area contributed by atoms with E-state index in [0.717, 1.165) is 11.1 Å². The largest absolute Gasteiger partial charge is 0.386 e. The lowest BCUT2D eigenvalue weighted by Gasteiger charge is -2.04. The molecule has 1 amide bonds. The Morgan fingerprint density at radius 1 is 1.18 bits per heavy atom. The van der Waals surface area contributed by atoms with Crippen LogP contribution >= 0.6 is 11.6 Å². The first-order valence-electron chi connectivity index (χ1n) is 6.55. The molecule has 0 atom stereocenters. The zero-order valence-corrected chi connectivity index (χ0v) is 12.4. The summed E-state index contributed by atoms with van der Waals surface area (Å²) in [5.41, 5.74) is 1.62. The van der Waals surface area contributed by atoms with Gasteiger partial charge in [0.05, 0.1) is 6.21 Å². The number of oxime groups is 1. The van der Waals surface area contributed by atoms with Gasteiger partial charge in [-0.15, -0.1) is 0 Å². The van der Waals surface area contributed by atoms with Gasteiger partial charge in [-0.05, 0) is 35.4 Å². The summed E-state index contributed by atoms with van der Waals surface area (Å²) in [6, 6.07) is 12.9. The first kappa shape index (κ1) is 16.0. The van der Waals surface area contributed by atoms with E-state index in [9.17, 15) is 9.18 Å². The predicted octanol–water partition coefficient (Wildman–Crippen LogP) is 3.15. The Labute approximate surface area is 132 Å². The highest BCUT2D eigenvalue weighted by Gasteiger charge is 2.01. The average molecular weight is 321 g/mol. The quantitative estimate of drug-likeness (QED) is 0.656. The maximum absolute atomic E-state index is 12.7. The van der Waals surface area contributed by atoms with Gasteiger partial charge in [-0.3, -0.25) is 4.79 Å². The molecule has 0 aliphatic rings. The van der Waals surface area contributed by atoms with Gasteiger partial charge in [0.2, 0.25) is 0 Å². The molecule has 0 bridgehead atoms. The molecule has 114 valence electrons. The molecule has 1 N–H and O–H groups in total. The molecular formula is C16H14ClFN2O2. The van der Waals surface area contributed by atoms with E-state index in [1.54, 1.807) is 36.4 Å². The third-order valence-corrected chi connectivity index (χ3v) is 3.00. The number of halogens is 2. The molecule has 22 heavy (non-hydrogen) atoms. The summed E-state index contributed by atoms with van der Waals surface area (Å²) in [5.74, 6) is -0.618. The van der Waals surface area contributed by atoms with E-state index < -0.39 is 0 Å². The van der Waals surface area contributed by atoms with Crippen molar-refractivity contribution in [3.8, 4) is 0 Å². The highest BCUT2D eigenvalue weighted by molar-refractivity contribution is 6.30. The van der Waals surface area contributed by atoms with Crippen LogP contribution in [0.1, 0.15) is 11.1 Å². The Morgan fingerprint density at radius 3 is 2.55 bits per heavy atom. The molecule has 0 unspecified atom stereocenters. The maximum atomic E-state index is 12.7. The van der Waals surface area contributed by atoms with Crippen molar-refractivity contribution in [1.82, 2.24) is 5.32 Å². The third kappa shape index (κ3) is 5.54. The van der Waals surface area contributed by atoms with Crippen molar-refractivity contribution in [3.05, 3.63) is 70.5 Å². The minimum Gasteiger partial charge on any atom is -0.386 e. The number of carbonyl (C=O) groups excluding carboxylic acids is 1. The zero-order valence-electron chi connectivity index (χ0n) is 11.6. The van der Waals surface area contributed by atoms with Crippen LogP contribution in [0.4, 0.5) is 4.39 Å². The average Bonchev–Trinajstić information content (AvgIpc) is 2.53. The molecule has 0 radical (unpaired) electrons. The van der Waals surface area contributed by atoms with Gasteiger partial charge in [0.25, 0.3) is 5.91 Å². The molecule has 0 aromatic heterocycles. The zero-order chi connectivity index (χ0) is 15.8. The summed E-state index contributed by atoms with van der Waals surface area (Å²) < 4.78 is 12.7. The molecule has 0 saturated heterocycles. The van der Waals surface area contributed by atoms with E-state index in [1.165, 1.54) is 18.3 Å². The molecule has 0 heterocycles. The second-order valence-corrected chi connectivity index (χ2v) is 4.90. The summed E-state index contributed by atoms with van der Waals surface area (Å²) >= 11 is 5.76. The smallest absolute Gasteiger partial charge is 0.261 e. The predicted molar refractivity (Wildman–Crippen MR) is 83.2 cm³/mol. The highest BCUT2D eigenvalue weighted by Crippen LogP contribution is 2.07. The van der Waals surface area contributed by atoms with Crippen LogP contribution in [-0.4, -0.2) is 18.7 Å². The van der Waals surface area contributed by atoms with Crippen LogP contribution in [0.3, 0.4) is 0 Å². The number of hydrogen-bond donors (Lipinski definition) is 1. The Bertz CT molecular complexity index is 642. The van der Waals surface area contributed by atoms with Crippen molar-refractivity contribution in [2.75, 3.05) is 6.61 Å². The summed E-state index contributed by atoms with van der Waals surface area (Å²) in [7, 11) is 0. The molecule has 0 spiro atoms. The van der Waals surface area contributed by atoms with E-state index in [-0.39, 0.29) is 18.3 Å². The molecular weight excluding hydrogens is 307 g/mol. The van der Waals surface area contributed by atoms with Crippen LogP contribution in [0.5, 0.6) is 0 Å². The van der Waals surface area contributed by atoms with Crippen molar-refractivity contribution in [1.29, 1.82) is 0 Å². The Morgan fingerprint density at radius 2 is 1.86 bits per heavy atom. The van der Waals surface area contributed by atoms with E-state index >= 15 is 0 Å². The maximum Gasteiger partial charge on any atom is 0.261 e. The number of benzene rings is 2. The van der Waals surface area contributed by atoms with Gasteiger partial charge in [0, 0.05) is 11.6 Å². The lowest BCUT2D eigenvalue weighted by Crippen LogP contribution is -2.26. The molecule has 4 nitrogen and oxygen atoms in total. The second-order valence-electron chi connectivity index (χ2n) is 4.46. The van der Waals surface area contributed by atoms with E-state index in [2.05, 4.69) is 10.5 Å². The number of nitrogens with one attached hydrogen (secondary N) is 1. The minimum absolute atomic E-state index is 0.189. The number of hydrogen-bond acceptors (Lipinski definition) is 3. The van der Waals surface area contributed by atoms with Gasteiger partial charge in [-0.1, -0.05) is 41.0 Å². The number of carbonyl (C=O) groups is 1. The Kier molecular flexibility index (Phi) is 5.91. The van der Waals surface area contributed by atoms with Crippen LogP contribution in [0, 0.1) is 5.82 Å². The number of rotatable bonds is 6. The SMILES string of the molecule is O=C(CO/N=C/c1ccc(Cl)cc1)NCc1ccc(F)cc1. The van der Waals surface area contributed by atoms with E-state index in [4.69, 9.17) is 16.4 Å². The topological polar surface area (TPSA) is 50.7 Å².